The van der Waals surface area contributed by atoms with E-state index >= 15 is 0 Å². The number of nitrogens with two attached hydrogens (primary N) is 1. The van der Waals surface area contributed by atoms with Crippen LogP contribution in [0.3, 0.4) is 0 Å². The highest BCUT2D eigenvalue weighted by Crippen LogP contribution is 2.25. The lowest BCUT2D eigenvalue weighted by Gasteiger charge is -2.27. The van der Waals surface area contributed by atoms with Gasteiger partial charge in [-0.05, 0) is 50.3 Å². The molecule has 0 unspecified atom stereocenters. The first-order valence-electron chi connectivity index (χ1n) is 7.90. The van der Waals surface area contributed by atoms with Gasteiger partial charge in [0.2, 0.25) is 0 Å². The van der Waals surface area contributed by atoms with Gasteiger partial charge < -0.3 is 15.8 Å². The van der Waals surface area contributed by atoms with Gasteiger partial charge in [-0.25, -0.2) is 0 Å². The number of amides is 1. The molecule has 0 aromatic heterocycles. The maximum Gasteiger partial charge on any atom is 0.308 e. The lowest BCUT2D eigenvalue weighted by atomic mass is 9.86. The Morgan fingerprint density at radius 2 is 1.82 bits per heavy atom. The molecule has 22 heavy (non-hydrogen) atoms. The number of carbonyl (C=O) groups is 2. The summed E-state index contributed by atoms with van der Waals surface area (Å²) in [6.45, 7) is 2.72. The van der Waals surface area contributed by atoms with Gasteiger partial charge in [-0.15, -0.1) is 0 Å². The van der Waals surface area contributed by atoms with Gasteiger partial charge in [-0.2, -0.15) is 0 Å². The maximum absolute atomic E-state index is 12.2. The highest BCUT2D eigenvalue weighted by Gasteiger charge is 2.28. The molecular weight excluding hydrogens is 280 g/mol. The minimum Gasteiger partial charge on any atom is -0.466 e. The number of nitrogens with one attached hydrogen (secondary N) is 1. The zero-order valence-corrected chi connectivity index (χ0v) is 13.0. The number of ether oxygens (including phenoxy) is 1. The van der Waals surface area contributed by atoms with E-state index in [0.717, 1.165) is 31.2 Å². The van der Waals surface area contributed by atoms with Crippen molar-refractivity contribution in [1.29, 1.82) is 0 Å². The quantitative estimate of drug-likeness (QED) is 0.815. The van der Waals surface area contributed by atoms with Crippen molar-refractivity contribution < 1.29 is 14.3 Å². The predicted molar refractivity (Wildman–Crippen MR) is 84.2 cm³/mol. The minimum atomic E-state index is -0.107. The molecule has 0 bridgehead atoms. The minimum absolute atomic E-state index is 0.0167. The van der Waals surface area contributed by atoms with Gasteiger partial charge in [-0.3, -0.25) is 9.59 Å². The second-order valence-corrected chi connectivity index (χ2v) is 5.68. The van der Waals surface area contributed by atoms with Gasteiger partial charge in [-0.1, -0.05) is 12.1 Å². The Balaban J connectivity index is 1.82. The molecule has 120 valence electrons. The molecule has 1 aliphatic rings. The molecule has 3 N–H and O–H groups in total. The molecule has 2 rings (SSSR count). The Bertz CT molecular complexity index is 505. The highest BCUT2D eigenvalue weighted by atomic mass is 16.5. The van der Waals surface area contributed by atoms with Gasteiger partial charge in [0.25, 0.3) is 5.91 Å². The Labute approximate surface area is 131 Å². The average molecular weight is 304 g/mol. The molecule has 0 aliphatic heterocycles. The van der Waals surface area contributed by atoms with E-state index in [1.54, 1.807) is 12.1 Å². The summed E-state index contributed by atoms with van der Waals surface area (Å²) < 4.78 is 5.05. The number of rotatable bonds is 5. The van der Waals surface area contributed by atoms with Crippen LogP contribution in [0.2, 0.25) is 0 Å². The van der Waals surface area contributed by atoms with Gasteiger partial charge in [0.15, 0.2) is 0 Å². The fourth-order valence-electron chi connectivity index (χ4n) is 2.79. The normalized spacial score (nSPS) is 21.2. The van der Waals surface area contributed by atoms with Crippen LogP contribution in [-0.4, -0.2) is 24.5 Å². The smallest absolute Gasteiger partial charge is 0.308 e. The summed E-state index contributed by atoms with van der Waals surface area (Å²) in [4.78, 5) is 23.9. The van der Waals surface area contributed by atoms with Crippen molar-refractivity contribution >= 4 is 11.9 Å². The lowest BCUT2D eigenvalue weighted by Crippen LogP contribution is -2.39. The van der Waals surface area contributed by atoms with E-state index in [9.17, 15) is 9.59 Å². The summed E-state index contributed by atoms with van der Waals surface area (Å²) in [5, 5.41) is 3.04. The molecule has 5 heteroatoms. The van der Waals surface area contributed by atoms with Crippen LogP contribution < -0.4 is 11.1 Å². The van der Waals surface area contributed by atoms with Gasteiger partial charge >= 0.3 is 5.97 Å². The second-order valence-electron chi connectivity index (χ2n) is 5.68. The van der Waals surface area contributed by atoms with E-state index in [4.69, 9.17) is 10.5 Å². The van der Waals surface area contributed by atoms with Crippen molar-refractivity contribution in [2.24, 2.45) is 11.7 Å². The Morgan fingerprint density at radius 3 is 2.36 bits per heavy atom. The van der Waals surface area contributed by atoms with Crippen LogP contribution in [0.15, 0.2) is 24.3 Å². The molecule has 0 atom stereocenters. The van der Waals surface area contributed by atoms with Crippen LogP contribution in [0.5, 0.6) is 0 Å². The molecule has 1 amide bonds. The van der Waals surface area contributed by atoms with E-state index in [0.29, 0.717) is 18.7 Å². The van der Waals surface area contributed by atoms with Crippen molar-refractivity contribution in [1.82, 2.24) is 5.32 Å². The van der Waals surface area contributed by atoms with Gasteiger partial charge in [0.1, 0.15) is 0 Å². The highest BCUT2D eigenvalue weighted by molar-refractivity contribution is 5.94. The lowest BCUT2D eigenvalue weighted by molar-refractivity contribution is -0.149. The zero-order chi connectivity index (χ0) is 15.9. The van der Waals surface area contributed by atoms with E-state index in [1.165, 1.54) is 0 Å². The van der Waals surface area contributed by atoms with Crippen molar-refractivity contribution in [3.8, 4) is 0 Å². The van der Waals surface area contributed by atoms with Gasteiger partial charge in [0, 0.05) is 18.2 Å². The topological polar surface area (TPSA) is 81.4 Å². The summed E-state index contributed by atoms with van der Waals surface area (Å²) in [6, 6.07) is 7.45. The fraction of sp³-hybridized carbons (Fsp3) is 0.529. The van der Waals surface area contributed by atoms with Crippen LogP contribution in [0.1, 0.15) is 48.5 Å². The average Bonchev–Trinajstić information content (AvgIpc) is 2.55. The molecule has 0 saturated heterocycles. The first-order chi connectivity index (χ1) is 10.6. The molecule has 1 aromatic rings. The van der Waals surface area contributed by atoms with Crippen LogP contribution in [0.25, 0.3) is 0 Å². The summed E-state index contributed by atoms with van der Waals surface area (Å²) in [6.07, 6.45) is 3.18. The second kappa shape index (κ2) is 7.94. The number of hydrogen-bond donors (Lipinski definition) is 2. The molecule has 1 aliphatic carbocycles. The third kappa shape index (κ3) is 4.31. The van der Waals surface area contributed by atoms with Crippen LogP contribution in [0, 0.1) is 5.92 Å². The summed E-state index contributed by atoms with van der Waals surface area (Å²) in [5.41, 5.74) is 7.20. The first-order valence-corrected chi connectivity index (χ1v) is 7.90. The zero-order valence-electron chi connectivity index (χ0n) is 13.0. The van der Waals surface area contributed by atoms with Crippen molar-refractivity contribution in [2.45, 2.75) is 45.2 Å². The van der Waals surface area contributed by atoms with Crippen LogP contribution in [-0.2, 0) is 16.1 Å². The maximum atomic E-state index is 12.2. The molecular formula is C17H24N2O3. The molecule has 1 aromatic carbocycles. The Hall–Kier alpha value is -1.88. The van der Waals surface area contributed by atoms with E-state index in [2.05, 4.69) is 5.32 Å². The molecule has 0 heterocycles. The van der Waals surface area contributed by atoms with Crippen LogP contribution in [0.4, 0.5) is 0 Å². The van der Waals surface area contributed by atoms with Crippen molar-refractivity contribution in [2.75, 3.05) is 6.61 Å². The third-order valence-electron chi connectivity index (χ3n) is 4.13. The monoisotopic (exact) mass is 304 g/mol. The molecule has 5 nitrogen and oxygen atoms in total. The van der Waals surface area contributed by atoms with E-state index in [-0.39, 0.29) is 23.8 Å². The molecule has 0 radical (unpaired) electrons. The predicted octanol–water partition coefficient (Wildman–Crippen LogP) is 2.00. The Morgan fingerprint density at radius 1 is 1.18 bits per heavy atom. The fourth-order valence-corrected chi connectivity index (χ4v) is 2.79. The molecule has 0 spiro atoms. The molecule has 1 saturated carbocycles. The SMILES string of the molecule is CCOC(=O)C1CCC(NC(=O)c2ccc(CN)cc2)CC1. The summed E-state index contributed by atoms with van der Waals surface area (Å²) in [7, 11) is 0. The van der Waals surface area contributed by atoms with Crippen molar-refractivity contribution in [3.63, 3.8) is 0 Å². The summed E-state index contributed by atoms with van der Waals surface area (Å²) >= 11 is 0. The standard InChI is InChI=1S/C17H24N2O3/c1-2-22-17(21)14-7-9-15(10-8-14)19-16(20)13-5-3-12(11-18)4-6-13/h3-6,14-15H,2,7-11,18H2,1H3,(H,19,20). The number of carbonyl (C=O) groups excluding carboxylic acids is 2. The number of benzene rings is 1. The third-order valence-corrected chi connectivity index (χ3v) is 4.13. The number of esters is 1. The van der Waals surface area contributed by atoms with E-state index < -0.39 is 0 Å². The number of hydrogen-bond acceptors (Lipinski definition) is 4. The van der Waals surface area contributed by atoms with E-state index in [1.807, 2.05) is 19.1 Å². The van der Waals surface area contributed by atoms with Gasteiger partial charge in [0.05, 0.1) is 12.5 Å². The van der Waals surface area contributed by atoms with Crippen molar-refractivity contribution in [3.05, 3.63) is 35.4 Å². The largest absolute Gasteiger partial charge is 0.466 e. The first kappa shape index (κ1) is 16.5. The molecule has 1 fully saturated rings. The summed E-state index contributed by atoms with van der Waals surface area (Å²) in [5.74, 6) is -0.190. The Kier molecular flexibility index (Phi) is 5.95. The van der Waals surface area contributed by atoms with Crippen LogP contribution >= 0.6 is 0 Å².